The van der Waals surface area contributed by atoms with Gasteiger partial charge in [-0.05, 0) is 56.5 Å². The lowest BCUT2D eigenvalue weighted by molar-refractivity contribution is -0.120. The van der Waals surface area contributed by atoms with E-state index >= 15 is 0 Å². The molecule has 0 spiro atoms. The van der Waals surface area contributed by atoms with Crippen LogP contribution >= 0.6 is 0 Å². The maximum absolute atomic E-state index is 13.0. The molecule has 4 aromatic rings. The predicted molar refractivity (Wildman–Crippen MR) is 138 cm³/mol. The molecule has 0 fully saturated rings. The number of benzene rings is 3. The number of aryl methyl sites for hydroxylation is 4. The van der Waals surface area contributed by atoms with Crippen LogP contribution in [0.3, 0.4) is 0 Å². The monoisotopic (exact) mass is 468 g/mol. The molecule has 3 aromatic carbocycles. The van der Waals surface area contributed by atoms with E-state index in [1.54, 1.807) is 0 Å². The SMILES string of the molecule is Cc1ccc(C(NC(=O)Cc2ccc(OCCc3c(C)noc3C)cc2)c2ccc(C)cc2)cc1. The van der Waals surface area contributed by atoms with E-state index in [0.717, 1.165) is 45.9 Å². The van der Waals surface area contributed by atoms with Gasteiger partial charge in [-0.2, -0.15) is 0 Å². The van der Waals surface area contributed by atoms with Crippen molar-refractivity contribution in [1.82, 2.24) is 10.5 Å². The van der Waals surface area contributed by atoms with Crippen molar-refractivity contribution in [3.63, 3.8) is 0 Å². The molecule has 0 aliphatic heterocycles. The van der Waals surface area contributed by atoms with Gasteiger partial charge in [-0.15, -0.1) is 0 Å². The van der Waals surface area contributed by atoms with Gasteiger partial charge in [0.25, 0.3) is 0 Å². The maximum Gasteiger partial charge on any atom is 0.225 e. The molecule has 35 heavy (non-hydrogen) atoms. The third-order valence-electron chi connectivity index (χ3n) is 6.22. The van der Waals surface area contributed by atoms with Gasteiger partial charge in [-0.3, -0.25) is 4.79 Å². The molecule has 0 aliphatic rings. The third kappa shape index (κ3) is 6.38. The molecule has 0 saturated heterocycles. The van der Waals surface area contributed by atoms with Crippen molar-refractivity contribution in [3.8, 4) is 5.75 Å². The molecule has 0 aliphatic carbocycles. The molecule has 0 unspecified atom stereocenters. The van der Waals surface area contributed by atoms with E-state index in [4.69, 9.17) is 9.26 Å². The van der Waals surface area contributed by atoms with Gasteiger partial charge < -0.3 is 14.6 Å². The molecule has 1 N–H and O–H groups in total. The summed E-state index contributed by atoms with van der Waals surface area (Å²) in [4.78, 5) is 13.0. The highest BCUT2D eigenvalue weighted by atomic mass is 16.5. The highest BCUT2D eigenvalue weighted by Gasteiger charge is 2.17. The molecular formula is C30H32N2O3. The minimum Gasteiger partial charge on any atom is -0.493 e. The van der Waals surface area contributed by atoms with E-state index in [2.05, 4.69) is 72.9 Å². The Kier molecular flexibility index (Phi) is 7.66. The van der Waals surface area contributed by atoms with Crippen LogP contribution in [0.15, 0.2) is 77.3 Å². The van der Waals surface area contributed by atoms with Crippen LogP contribution in [0.2, 0.25) is 0 Å². The topological polar surface area (TPSA) is 64.4 Å². The molecule has 1 aromatic heterocycles. The molecular weight excluding hydrogens is 436 g/mol. The Hall–Kier alpha value is -3.86. The summed E-state index contributed by atoms with van der Waals surface area (Å²) in [6.45, 7) is 8.52. The van der Waals surface area contributed by atoms with Crippen LogP contribution in [0.4, 0.5) is 0 Å². The molecule has 5 nitrogen and oxygen atoms in total. The van der Waals surface area contributed by atoms with Crippen molar-refractivity contribution in [2.24, 2.45) is 0 Å². The molecule has 0 radical (unpaired) electrons. The Morgan fingerprint density at radius 2 is 1.43 bits per heavy atom. The number of hydrogen-bond donors (Lipinski definition) is 1. The fraction of sp³-hybridized carbons (Fsp3) is 0.267. The first-order valence-corrected chi connectivity index (χ1v) is 11.9. The van der Waals surface area contributed by atoms with Gasteiger partial charge in [-0.1, -0.05) is 76.9 Å². The molecule has 4 rings (SSSR count). The molecule has 0 atom stereocenters. The molecule has 0 saturated carbocycles. The second kappa shape index (κ2) is 11.0. The van der Waals surface area contributed by atoms with Crippen LogP contribution in [-0.2, 0) is 17.6 Å². The quantitative estimate of drug-likeness (QED) is 0.328. The first kappa shape index (κ1) is 24.3. The summed E-state index contributed by atoms with van der Waals surface area (Å²) in [5.74, 6) is 1.59. The van der Waals surface area contributed by atoms with Gasteiger partial charge >= 0.3 is 0 Å². The number of amides is 1. The van der Waals surface area contributed by atoms with Crippen LogP contribution in [0, 0.1) is 27.7 Å². The van der Waals surface area contributed by atoms with Crippen LogP contribution in [0.5, 0.6) is 5.75 Å². The fourth-order valence-electron chi connectivity index (χ4n) is 4.11. The second-order valence-corrected chi connectivity index (χ2v) is 9.04. The molecule has 5 heteroatoms. The van der Waals surface area contributed by atoms with Crippen molar-refractivity contribution in [2.45, 2.75) is 46.6 Å². The van der Waals surface area contributed by atoms with Crippen molar-refractivity contribution in [3.05, 3.63) is 118 Å². The van der Waals surface area contributed by atoms with E-state index in [1.165, 1.54) is 11.1 Å². The number of carbonyl (C=O) groups excluding carboxylic acids is 1. The molecule has 1 amide bonds. The average molecular weight is 469 g/mol. The highest BCUT2D eigenvalue weighted by Crippen LogP contribution is 2.23. The third-order valence-corrected chi connectivity index (χ3v) is 6.22. The summed E-state index contributed by atoms with van der Waals surface area (Å²) in [5, 5.41) is 7.21. The number of ether oxygens (including phenoxy) is 1. The molecule has 180 valence electrons. The van der Waals surface area contributed by atoms with Crippen LogP contribution < -0.4 is 10.1 Å². The number of hydrogen-bond acceptors (Lipinski definition) is 4. The van der Waals surface area contributed by atoms with E-state index in [9.17, 15) is 4.79 Å². The Morgan fingerprint density at radius 3 is 1.94 bits per heavy atom. The fourth-order valence-corrected chi connectivity index (χ4v) is 4.11. The lowest BCUT2D eigenvalue weighted by Crippen LogP contribution is -2.30. The van der Waals surface area contributed by atoms with Crippen molar-refractivity contribution >= 4 is 5.91 Å². The number of nitrogens with zero attached hydrogens (tertiary/aromatic N) is 1. The first-order valence-electron chi connectivity index (χ1n) is 11.9. The number of nitrogens with one attached hydrogen (secondary N) is 1. The van der Waals surface area contributed by atoms with E-state index < -0.39 is 0 Å². The summed E-state index contributed by atoms with van der Waals surface area (Å²) in [7, 11) is 0. The standard InChI is InChI=1S/C30H32N2O3/c1-20-5-11-25(12-6-20)30(26-13-7-21(2)8-14-26)31-29(33)19-24-9-15-27(16-10-24)34-18-17-28-22(3)32-35-23(28)4/h5-16,30H,17-19H2,1-4H3,(H,31,33). The smallest absolute Gasteiger partial charge is 0.225 e. The summed E-state index contributed by atoms with van der Waals surface area (Å²) < 4.78 is 11.1. The van der Waals surface area contributed by atoms with Crippen LogP contribution in [0.25, 0.3) is 0 Å². The zero-order valence-electron chi connectivity index (χ0n) is 20.8. The largest absolute Gasteiger partial charge is 0.493 e. The van der Waals surface area contributed by atoms with Gasteiger partial charge in [0, 0.05) is 12.0 Å². The normalized spacial score (nSPS) is 11.0. The Balaban J connectivity index is 1.37. The van der Waals surface area contributed by atoms with Crippen molar-refractivity contribution < 1.29 is 14.1 Å². The van der Waals surface area contributed by atoms with E-state index in [0.29, 0.717) is 13.0 Å². The number of aromatic nitrogens is 1. The molecule has 1 heterocycles. The highest BCUT2D eigenvalue weighted by molar-refractivity contribution is 5.79. The first-order chi connectivity index (χ1) is 16.9. The average Bonchev–Trinajstić information content (AvgIpc) is 3.17. The van der Waals surface area contributed by atoms with Crippen molar-refractivity contribution in [2.75, 3.05) is 6.61 Å². The summed E-state index contributed by atoms with van der Waals surface area (Å²) in [5.41, 5.74) is 7.45. The summed E-state index contributed by atoms with van der Waals surface area (Å²) in [6.07, 6.45) is 1.04. The van der Waals surface area contributed by atoms with Crippen LogP contribution in [-0.4, -0.2) is 17.7 Å². The van der Waals surface area contributed by atoms with E-state index in [1.807, 2.05) is 38.1 Å². The Bertz CT molecular complexity index is 1190. The Morgan fingerprint density at radius 1 is 0.857 bits per heavy atom. The predicted octanol–water partition coefficient (Wildman–Crippen LogP) is 5.98. The van der Waals surface area contributed by atoms with Gasteiger partial charge in [0.1, 0.15) is 11.5 Å². The minimum absolute atomic E-state index is 0.0248. The van der Waals surface area contributed by atoms with Gasteiger partial charge in [0.2, 0.25) is 5.91 Å². The summed E-state index contributed by atoms with van der Waals surface area (Å²) >= 11 is 0. The zero-order chi connectivity index (χ0) is 24.8. The van der Waals surface area contributed by atoms with Gasteiger partial charge in [0.15, 0.2) is 0 Å². The van der Waals surface area contributed by atoms with Gasteiger partial charge in [-0.25, -0.2) is 0 Å². The minimum atomic E-state index is -0.198. The number of carbonyl (C=O) groups is 1. The summed E-state index contributed by atoms with van der Waals surface area (Å²) in [6, 6.07) is 24.1. The second-order valence-electron chi connectivity index (χ2n) is 9.04. The molecule has 0 bridgehead atoms. The maximum atomic E-state index is 13.0. The van der Waals surface area contributed by atoms with Crippen molar-refractivity contribution in [1.29, 1.82) is 0 Å². The Labute approximate surface area is 207 Å². The zero-order valence-corrected chi connectivity index (χ0v) is 20.8. The lowest BCUT2D eigenvalue weighted by atomic mass is 9.96. The number of rotatable bonds is 9. The van der Waals surface area contributed by atoms with Crippen LogP contribution in [0.1, 0.15) is 50.9 Å². The van der Waals surface area contributed by atoms with Gasteiger partial charge in [0.05, 0.1) is 24.8 Å². The van der Waals surface area contributed by atoms with E-state index in [-0.39, 0.29) is 11.9 Å². The lowest BCUT2D eigenvalue weighted by Gasteiger charge is -2.20.